The third-order valence-electron chi connectivity index (χ3n) is 7.78. The number of carbonyl (C=O) groups excluding carboxylic acids is 4. The quantitative estimate of drug-likeness (QED) is 0.332. The third-order valence-corrected chi connectivity index (χ3v) is 9.19. The number of likely N-dealkylation sites (tertiary alicyclic amines) is 2. The number of fused-ring (bicyclic) bond motifs is 4. The van der Waals surface area contributed by atoms with Gasteiger partial charge in [0.15, 0.2) is 9.75 Å². The van der Waals surface area contributed by atoms with Crippen LogP contribution in [-0.2, 0) is 30.6 Å². The van der Waals surface area contributed by atoms with Gasteiger partial charge in [0.1, 0.15) is 18.1 Å². The summed E-state index contributed by atoms with van der Waals surface area (Å²) < 4.78 is 5.76. The number of rotatable bonds is 5. The fourth-order valence-corrected chi connectivity index (χ4v) is 7.18. The number of furan rings is 1. The Hall–Kier alpha value is -2.69. The molecule has 4 aliphatic rings. The molecule has 10 nitrogen and oxygen atoms in total. The Morgan fingerprint density at radius 3 is 2.49 bits per heavy atom. The zero-order valence-corrected chi connectivity index (χ0v) is 20.1. The maximum Gasteiger partial charge on any atom is 0.305 e. The van der Waals surface area contributed by atoms with Crippen LogP contribution in [0.5, 0.6) is 0 Å². The lowest BCUT2D eigenvalue weighted by Crippen LogP contribution is -2.60. The molecule has 6 unspecified atom stereocenters. The number of hydrogen-bond acceptors (Lipinski definition) is 7. The van der Waals surface area contributed by atoms with E-state index in [0.717, 1.165) is 9.80 Å². The van der Waals surface area contributed by atoms with Crippen molar-refractivity contribution in [3.63, 3.8) is 0 Å². The van der Waals surface area contributed by atoms with Gasteiger partial charge in [0, 0.05) is 13.6 Å². The normalized spacial score (nSPS) is 36.3. The summed E-state index contributed by atoms with van der Waals surface area (Å²) in [5.74, 6) is -6.47. The highest BCUT2D eigenvalue weighted by Gasteiger charge is 2.76. The number of allylic oxidation sites excluding steroid dienone is 2. The summed E-state index contributed by atoms with van der Waals surface area (Å²) in [6.07, 6.45) is 1.38. The van der Waals surface area contributed by atoms with Crippen LogP contribution in [0.3, 0.4) is 0 Å². The van der Waals surface area contributed by atoms with E-state index in [-0.39, 0.29) is 37.3 Å². The number of carboxylic acids is 1. The van der Waals surface area contributed by atoms with Gasteiger partial charge in [-0.3, -0.25) is 33.8 Å². The van der Waals surface area contributed by atoms with Gasteiger partial charge in [0.2, 0.25) is 11.8 Å². The summed E-state index contributed by atoms with van der Waals surface area (Å²) >= 11 is 13.9. The van der Waals surface area contributed by atoms with Gasteiger partial charge in [-0.05, 0) is 30.9 Å². The molecule has 3 fully saturated rings. The Morgan fingerprint density at radius 2 is 1.86 bits per heavy atom. The van der Waals surface area contributed by atoms with E-state index in [4.69, 9.17) is 32.7 Å². The van der Waals surface area contributed by atoms with Crippen molar-refractivity contribution in [1.82, 2.24) is 9.80 Å². The molecule has 4 amide bonds. The van der Waals surface area contributed by atoms with Crippen LogP contribution in [0.15, 0.2) is 28.2 Å². The first-order valence-electron chi connectivity index (χ1n) is 11.1. The van der Waals surface area contributed by atoms with E-state index in [2.05, 4.69) is 0 Å². The third kappa shape index (κ3) is 3.02. The number of halogens is 2. The first-order chi connectivity index (χ1) is 16.5. The first kappa shape index (κ1) is 24.0. The van der Waals surface area contributed by atoms with Crippen molar-refractivity contribution in [3.05, 3.63) is 35.3 Å². The lowest BCUT2D eigenvalue weighted by Gasteiger charge is -2.49. The number of aliphatic carboxylic acids is 1. The number of hydrogen-bond donors (Lipinski definition) is 2. The van der Waals surface area contributed by atoms with Crippen molar-refractivity contribution >= 4 is 52.8 Å². The monoisotopic (exact) mass is 524 g/mol. The number of aliphatic hydroxyl groups is 1. The summed E-state index contributed by atoms with van der Waals surface area (Å²) in [4.78, 5) is 62.0. The number of imide groups is 2. The lowest BCUT2D eigenvalue weighted by molar-refractivity contribution is -0.143. The number of carboxylic acid groups (broad SMARTS) is 1. The molecule has 0 radical (unpaired) electrons. The highest BCUT2D eigenvalue weighted by Crippen LogP contribution is 2.65. The van der Waals surface area contributed by atoms with Gasteiger partial charge in [-0.2, -0.15) is 0 Å². The summed E-state index contributed by atoms with van der Waals surface area (Å²) in [5.41, 5.74) is 0.564. The number of aliphatic hydroxyl groups excluding tert-OH is 1. The highest BCUT2D eigenvalue weighted by atomic mass is 35.5. The van der Waals surface area contributed by atoms with Crippen molar-refractivity contribution in [2.24, 2.45) is 17.8 Å². The smallest absolute Gasteiger partial charge is 0.305 e. The van der Waals surface area contributed by atoms with E-state index in [1.807, 2.05) is 0 Å². The Kier molecular flexibility index (Phi) is 5.43. The lowest BCUT2D eigenvalue weighted by atomic mass is 9.57. The molecule has 2 N–H and O–H groups in total. The molecule has 0 bridgehead atoms. The van der Waals surface area contributed by atoms with Crippen molar-refractivity contribution in [2.45, 2.75) is 41.5 Å². The van der Waals surface area contributed by atoms with Gasteiger partial charge in [0.25, 0.3) is 11.8 Å². The zero-order valence-electron chi connectivity index (χ0n) is 18.6. The predicted molar refractivity (Wildman–Crippen MR) is 119 cm³/mol. The minimum Gasteiger partial charge on any atom is -0.481 e. The molecule has 35 heavy (non-hydrogen) atoms. The van der Waals surface area contributed by atoms with Crippen molar-refractivity contribution in [1.29, 1.82) is 0 Å². The molecule has 5 rings (SSSR count). The van der Waals surface area contributed by atoms with Crippen molar-refractivity contribution in [2.75, 3.05) is 13.6 Å². The molecule has 0 spiro atoms. The molecule has 1 saturated carbocycles. The minimum atomic E-state index is -1.95. The number of nitrogens with zero attached hydrogens (tertiary/aromatic N) is 2. The fourth-order valence-electron chi connectivity index (χ4n) is 6.18. The molecule has 6 atom stereocenters. The van der Waals surface area contributed by atoms with E-state index in [9.17, 15) is 29.1 Å². The minimum absolute atomic E-state index is 0.157. The standard InChI is InChI=1S/C23H22Cl2N2O8/c1-26-20(33)22(24)8-13-11(17(23(22,25)21(26)34)14-5-2-10(9-28)35-14)3-4-12-16(13)19(32)27(18(12)31)7-6-15(29)30/h2-3,5,12-13,16-17,28H,4,6-9H2,1H3,(H,29,30). The highest BCUT2D eigenvalue weighted by molar-refractivity contribution is 6.53. The van der Waals surface area contributed by atoms with Gasteiger partial charge in [0.05, 0.1) is 24.2 Å². The van der Waals surface area contributed by atoms with Gasteiger partial charge >= 0.3 is 5.97 Å². The second kappa shape index (κ2) is 7.91. The van der Waals surface area contributed by atoms with Gasteiger partial charge in [-0.1, -0.05) is 11.6 Å². The van der Waals surface area contributed by atoms with Crippen LogP contribution in [0.1, 0.15) is 36.7 Å². The molecule has 2 aliphatic carbocycles. The topological polar surface area (TPSA) is 145 Å². The van der Waals surface area contributed by atoms with Crippen LogP contribution in [0.2, 0.25) is 0 Å². The van der Waals surface area contributed by atoms with Crippen LogP contribution in [0, 0.1) is 17.8 Å². The number of alkyl halides is 2. The average Bonchev–Trinajstić information content (AvgIpc) is 3.42. The van der Waals surface area contributed by atoms with E-state index in [0.29, 0.717) is 5.57 Å². The van der Waals surface area contributed by atoms with E-state index in [1.54, 1.807) is 12.1 Å². The molecule has 186 valence electrons. The predicted octanol–water partition coefficient (Wildman–Crippen LogP) is 1.24. The van der Waals surface area contributed by atoms with Crippen LogP contribution in [0.4, 0.5) is 0 Å². The largest absolute Gasteiger partial charge is 0.481 e. The van der Waals surface area contributed by atoms with Crippen LogP contribution in [-0.4, -0.2) is 73.0 Å². The van der Waals surface area contributed by atoms with E-state index in [1.165, 1.54) is 13.1 Å². The Morgan fingerprint density at radius 1 is 1.14 bits per heavy atom. The summed E-state index contributed by atoms with van der Waals surface area (Å²) in [7, 11) is 1.29. The number of amides is 4. The average molecular weight is 525 g/mol. The van der Waals surface area contributed by atoms with Gasteiger partial charge in [-0.25, -0.2) is 0 Å². The summed E-state index contributed by atoms with van der Waals surface area (Å²) in [6, 6.07) is 3.06. The fraction of sp³-hybridized carbons (Fsp3) is 0.522. The zero-order chi connectivity index (χ0) is 25.4. The molecule has 1 aromatic rings. The van der Waals surface area contributed by atoms with E-state index < -0.39 is 69.6 Å². The van der Waals surface area contributed by atoms with Crippen molar-refractivity contribution < 1.29 is 38.6 Å². The maximum absolute atomic E-state index is 13.4. The Balaban J connectivity index is 1.64. The SMILES string of the molecule is CN1C(=O)C2(Cl)CC3C(=CCC4C(=O)N(CCC(=O)O)C(=O)C43)C(c3ccc(CO)o3)C2(Cl)C1=O. The second-order valence-electron chi connectivity index (χ2n) is 9.43. The molecule has 3 heterocycles. The van der Waals surface area contributed by atoms with Gasteiger partial charge in [-0.15, -0.1) is 23.2 Å². The number of carbonyl (C=O) groups is 5. The Bertz CT molecular complexity index is 1210. The van der Waals surface area contributed by atoms with Crippen LogP contribution in [0.25, 0.3) is 0 Å². The van der Waals surface area contributed by atoms with Gasteiger partial charge < -0.3 is 14.6 Å². The van der Waals surface area contributed by atoms with E-state index >= 15 is 0 Å². The summed E-state index contributed by atoms with van der Waals surface area (Å²) in [6.45, 7) is -0.658. The van der Waals surface area contributed by atoms with Crippen molar-refractivity contribution in [3.8, 4) is 0 Å². The molecule has 0 aromatic carbocycles. The molecule has 2 aliphatic heterocycles. The molecular formula is C23H22Cl2N2O8. The summed E-state index contributed by atoms with van der Waals surface area (Å²) in [5, 5.41) is 18.5. The molecule has 2 saturated heterocycles. The Labute approximate surface area is 209 Å². The second-order valence-corrected chi connectivity index (χ2v) is 10.7. The molecular weight excluding hydrogens is 503 g/mol. The molecule has 12 heteroatoms. The van der Waals surface area contributed by atoms with Crippen LogP contribution < -0.4 is 0 Å². The maximum atomic E-state index is 13.4. The van der Waals surface area contributed by atoms with Crippen LogP contribution >= 0.6 is 23.2 Å². The molecule has 1 aromatic heterocycles. The first-order valence-corrected chi connectivity index (χ1v) is 11.9.